The molecule has 0 bridgehead atoms. The summed E-state index contributed by atoms with van der Waals surface area (Å²) in [5.74, 6) is 0.776. The summed E-state index contributed by atoms with van der Waals surface area (Å²) in [5, 5.41) is 5.72. The number of rotatable bonds is 2. The van der Waals surface area contributed by atoms with Crippen molar-refractivity contribution in [3.05, 3.63) is 54.4 Å². The molecule has 2 N–H and O–H groups in total. The predicted molar refractivity (Wildman–Crippen MR) is 70.6 cm³/mol. The van der Waals surface area contributed by atoms with Crippen molar-refractivity contribution in [3.63, 3.8) is 0 Å². The van der Waals surface area contributed by atoms with Gasteiger partial charge in [-0.1, -0.05) is 30.3 Å². The van der Waals surface area contributed by atoms with Gasteiger partial charge in [-0.2, -0.15) is 0 Å². The highest BCUT2D eigenvalue weighted by molar-refractivity contribution is 5.86. The van der Waals surface area contributed by atoms with Crippen LogP contribution in [0.4, 0.5) is 11.6 Å². The van der Waals surface area contributed by atoms with E-state index in [-0.39, 0.29) is 0 Å². The number of nitrogens with zero attached hydrogens (tertiary/aromatic N) is 1. The summed E-state index contributed by atoms with van der Waals surface area (Å²) in [6.45, 7) is 1.98. The van der Waals surface area contributed by atoms with Crippen LogP contribution in [0.15, 0.2) is 48.7 Å². The maximum atomic E-state index is 4.22. The van der Waals surface area contributed by atoms with Gasteiger partial charge in [0, 0.05) is 17.6 Å². The Labute approximate surface area is 99.5 Å². The fourth-order valence-corrected chi connectivity index (χ4v) is 1.88. The maximum Gasteiger partial charge on any atom is 0.204 e. The summed E-state index contributed by atoms with van der Waals surface area (Å²) >= 11 is 0. The predicted octanol–water partition coefficient (Wildman–Crippen LogP) is 3.61. The zero-order valence-electron chi connectivity index (χ0n) is 9.57. The summed E-state index contributed by atoms with van der Waals surface area (Å²) in [4.78, 5) is 7.37. The van der Waals surface area contributed by atoms with Gasteiger partial charge in [0.05, 0.1) is 0 Å². The van der Waals surface area contributed by atoms with E-state index in [0.717, 1.165) is 17.3 Å². The second-order valence-corrected chi connectivity index (χ2v) is 4.10. The molecule has 3 rings (SSSR count). The summed E-state index contributed by atoms with van der Waals surface area (Å²) < 4.78 is 0. The van der Waals surface area contributed by atoms with E-state index in [1.54, 1.807) is 0 Å². The third-order valence-electron chi connectivity index (χ3n) is 2.72. The molecule has 0 saturated carbocycles. The molecule has 0 spiro atoms. The van der Waals surface area contributed by atoms with Gasteiger partial charge in [0.1, 0.15) is 0 Å². The molecule has 84 valence electrons. The second-order valence-electron chi connectivity index (χ2n) is 4.10. The van der Waals surface area contributed by atoms with E-state index in [1.807, 2.05) is 25.3 Å². The van der Waals surface area contributed by atoms with Gasteiger partial charge < -0.3 is 10.3 Å². The van der Waals surface area contributed by atoms with Crippen molar-refractivity contribution in [3.8, 4) is 0 Å². The fraction of sp³-hybridized carbons (Fsp3) is 0.0714. The second kappa shape index (κ2) is 3.94. The lowest BCUT2D eigenvalue weighted by Crippen LogP contribution is -1.92. The van der Waals surface area contributed by atoms with E-state index in [9.17, 15) is 0 Å². The Morgan fingerprint density at radius 3 is 2.65 bits per heavy atom. The first-order chi connectivity index (χ1) is 8.31. The number of aryl methyl sites for hydroxylation is 1. The first-order valence-electron chi connectivity index (χ1n) is 5.59. The summed E-state index contributed by atoms with van der Waals surface area (Å²) in [6, 6.07) is 14.6. The Morgan fingerprint density at radius 1 is 1.06 bits per heavy atom. The van der Waals surface area contributed by atoms with Crippen molar-refractivity contribution in [2.45, 2.75) is 6.92 Å². The Balaban J connectivity index is 1.95. The molecule has 3 aromatic rings. The van der Waals surface area contributed by atoms with Crippen molar-refractivity contribution >= 4 is 22.4 Å². The molecule has 0 radical (unpaired) electrons. The summed E-state index contributed by atoms with van der Waals surface area (Å²) in [5.41, 5.74) is 2.09. The normalized spacial score (nSPS) is 10.6. The van der Waals surface area contributed by atoms with Crippen LogP contribution in [0.1, 0.15) is 5.69 Å². The number of hydrogen-bond acceptors (Lipinski definition) is 2. The van der Waals surface area contributed by atoms with Crippen LogP contribution in [-0.2, 0) is 0 Å². The monoisotopic (exact) mass is 223 g/mol. The molecule has 0 saturated heterocycles. The number of fused-ring (bicyclic) bond motifs is 1. The molecule has 0 amide bonds. The van der Waals surface area contributed by atoms with Gasteiger partial charge in [-0.25, -0.2) is 4.98 Å². The van der Waals surface area contributed by atoms with E-state index < -0.39 is 0 Å². The average molecular weight is 223 g/mol. The maximum absolute atomic E-state index is 4.22. The molecule has 0 atom stereocenters. The Kier molecular flexibility index (Phi) is 2.29. The van der Waals surface area contributed by atoms with E-state index in [2.05, 4.69) is 45.6 Å². The SMILES string of the molecule is Cc1cnc(Nc2ccc3ccccc3c2)[nH]1. The number of benzene rings is 2. The van der Waals surface area contributed by atoms with Crippen LogP contribution in [0.2, 0.25) is 0 Å². The molecule has 1 aromatic heterocycles. The van der Waals surface area contributed by atoms with E-state index in [1.165, 1.54) is 10.8 Å². The molecule has 0 fully saturated rings. The first-order valence-corrected chi connectivity index (χ1v) is 5.59. The number of aromatic amines is 1. The van der Waals surface area contributed by atoms with Crippen LogP contribution in [0.25, 0.3) is 10.8 Å². The molecule has 0 aliphatic carbocycles. The smallest absolute Gasteiger partial charge is 0.204 e. The standard InChI is InChI=1S/C14H13N3/c1-10-9-15-14(16-10)17-13-7-6-11-4-2-3-5-12(11)8-13/h2-9H,1H3,(H2,15,16,17). The zero-order valence-corrected chi connectivity index (χ0v) is 9.57. The molecule has 1 heterocycles. The van der Waals surface area contributed by atoms with Gasteiger partial charge >= 0.3 is 0 Å². The van der Waals surface area contributed by atoms with Gasteiger partial charge in [-0.05, 0) is 29.8 Å². The van der Waals surface area contributed by atoms with Gasteiger partial charge in [0.25, 0.3) is 0 Å². The quantitative estimate of drug-likeness (QED) is 0.696. The van der Waals surface area contributed by atoms with E-state index >= 15 is 0 Å². The minimum absolute atomic E-state index is 0.776. The van der Waals surface area contributed by atoms with Crippen molar-refractivity contribution in [1.29, 1.82) is 0 Å². The van der Waals surface area contributed by atoms with Gasteiger partial charge in [-0.15, -0.1) is 0 Å². The topological polar surface area (TPSA) is 40.7 Å². The lowest BCUT2D eigenvalue weighted by Gasteiger charge is -2.04. The third-order valence-corrected chi connectivity index (χ3v) is 2.72. The van der Waals surface area contributed by atoms with Crippen LogP contribution in [-0.4, -0.2) is 9.97 Å². The summed E-state index contributed by atoms with van der Waals surface area (Å²) in [7, 11) is 0. The fourth-order valence-electron chi connectivity index (χ4n) is 1.88. The molecule has 0 aliphatic rings. The van der Waals surface area contributed by atoms with Crippen LogP contribution in [0.3, 0.4) is 0 Å². The highest BCUT2D eigenvalue weighted by Crippen LogP contribution is 2.20. The minimum Gasteiger partial charge on any atom is -0.328 e. The minimum atomic E-state index is 0.776. The zero-order chi connectivity index (χ0) is 11.7. The van der Waals surface area contributed by atoms with Crippen molar-refractivity contribution in [1.82, 2.24) is 9.97 Å². The lowest BCUT2D eigenvalue weighted by molar-refractivity contribution is 1.24. The number of nitrogens with one attached hydrogen (secondary N) is 2. The van der Waals surface area contributed by atoms with Crippen LogP contribution in [0, 0.1) is 6.92 Å². The molecule has 17 heavy (non-hydrogen) atoms. The Hall–Kier alpha value is -2.29. The van der Waals surface area contributed by atoms with E-state index in [4.69, 9.17) is 0 Å². The largest absolute Gasteiger partial charge is 0.328 e. The highest BCUT2D eigenvalue weighted by Gasteiger charge is 1.99. The average Bonchev–Trinajstić information content (AvgIpc) is 2.75. The molecule has 0 unspecified atom stereocenters. The first kappa shape index (κ1) is 9.90. The van der Waals surface area contributed by atoms with Gasteiger partial charge in [0.15, 0.2) is 0 Å². The van der Waals surface area contributed by atoms with Crippen molar-refractivity contribution < 1.29 is 0 Å². The number of H-pyrrole nitrogens is 1. The molecule has 3 heteroatoms. The molecule has 3 nitrogen and oxygen atoms in total. The lowest BCUT2D eigenvalue weighted by atomic mass is 10.1. The molecule has 2 aromatic carbocycles. The van der Waals surface area contributed by atoms with Crippen LogP contribution in [0.5, 0.6) is 0 Å². The summed E-state index contributed by atoms with van der Waals surface area (Å²) in [6.07, 6.45) is 1.81. The van der Waals surface area contributed by atoms with E-state index in [0.29, 0.717) is 0 Å². The third kappa shape index (κ3) is 1.99. The number of aromatic nitrogens is 2. The van der Waals surface area contributed by atoms with Crippen LogP contribution >= 0.6 is 0 Å². The van der Waals surface area contributed by atoms with Crippen molar-refractivity contribution in [2.75, 3.05) is 5.32 Å². The van der Waals surface area contributed by atoms with Gasteiger partial charge in [0.2, 0.25) is 5.95 Å². The molecular weight excluding hydrogens is 210 g/mol. The number of imidazole rings is 1. The number of anilines is 2. The van der Waals surface area contributed by atoms with Crippen molar-refractivity contribution in [2.24, 2.45) is 0 Å². The van der Waals surface area contributed by atoms with Gasteiger partial charge in [-0.3, -0.25) is 0 Å². The molecular formula is C14H13N3. The molecule has 0 aliphatic heterocycles. The Bertz CT molecular complexity index is 655. The Morgan fingerprint density at radius 2 is 1.88 bits per heavy atom. The van der Waals surface area contributed by atoms with Crippen LogP contribution < -0.4 is 5.32 Å². The highest BCUT2D eigenvalue weighted by atomic mass is 15.1. The number of hydrogen-bond donors (Lipinski definition) is 2.